The average molecular weight is 1430 g/mol. The molecule has 0 radical (unpaired) electrons. The van der Waals surface area contributed by atoms with Crippen molar-refractivity contribution in [1.82, 2.24) is 61.8 Å². The van der Waals surface area contributed by atoms with Crippen LogP contribution in [0.15, 0.2) is 28.3 Å². The van der Waals surface area contributed by atoms with Gasteiger partial charge in [0.1, 0.15) is 94.6 Å². The van der Waals surface area contributed by atoms with Gasteiger partial charge in [0, 0.05) is 55.3 Å². The molecule has 0 aromatic carbocycles. The van der Waals surface area contributed by atoms with Gasteiger partial charge in [0.25, 0.3) is 11.8 Å². The molecule has 4 aromatic rings. The van der Waals surface area contributed by atoms with Crippen LogP contribution in [-0.4, -0.2) is 261 Å². The second-order valence-corrected chi connectivity index (χ2v) is 24.6. The molecule has 1 unspecified atom stereocenters. The van der Waals surface area contributed by atoms with E-state index < -0.39 is 183 Å². The number of ether oxygens (including phenoxy) is 5. The smallest absolute Gasteiger partial charge is 0.404 e. The minimum atomic E-state index is -2.20. The van der Waals surface area contributed by atoms with Crippen molar-refractivity contribution in [1.29, 1.82) is 0 Å². The molecule has 98 heavy (non-hydrogen) atoms. The molecule has 542 valence electrons. The normalized spacial score (nSPS) is 23.6. The molecule has 0 spiro atoms. The molecule has 43 heteroatoms. The van der Waals surface area contributed by atoms with E-state index in [1.54, 1.807) is 10.8 Å². The van der Waals surface area contributed by atoms with Crippen molar-refractivity contribution in [3.63, 3.8) is 0 Å². The number of unbranched alkanes of at least 4 members (excludes halogenated alkanes) is 1. The van der Waals surface area contributed by atoms with Gasteiger partial charge in [-0.25, -0.2) is 29.7 Å². The molecule has 0 aliphatic carbocycles. The summed E-state index contributed by atoms with van der Waals surface area (Å²) in [5.74, 6) is -8.85. The van der Waals surface area contributed by atoms with Crippen LogP contribution in [-0.2, 0) is 54.1 Å². The summed E-state index contributed by atoms with van der Waals surface area (Å²) in [6.07, 6.45) is -23.9. The Balaban J connectivity index is 1.24. The number of rotatable bonds is 36. The van der Waals surface area contributed by atoms with Gasteiger partial charge in [-0.2, -0.15) is 0 Å². The molecule has 0 saturated carbocycles. The van der Waals surface area contributed by atoms with Crippen LogP contribution in [0.25, 0.3) is 10.7 Å². The Morgan fingerprint density at radius 3 is 2.09 bits per heavy atom. The molecular formula is C55H84N20O21S2. The van der Waals surface area contributed by atoms with Crippen LogP contribution in [0, 0.1) is 12.8 Å². The maximum absolute atomic E-state index is 15.2. The Morgan fingerprint density at radius 1 is 0.765 bits per heavy atom. The molecule has 8 amide bonds. The Hall–Kier alpha value is -8.38. The van der Waals surface area contributed by atoms with Gasteiger partial charge in [0.05, 0.1) is 72.7 Å². The summed E-state index contributed by atoms with van der Waals surface area (Å²) in [5, 5.41) is 108. The van der Waals surface area contributed by atoms with Crippen molar-refractivity contribution in [3.8, 4) is 10.7 Å². The Bertz CT molecular complexity index is 3380. The van der Waals surface area contributed by atoms with Gasteiger partial charge in [0.2, 0.25) is 29.5 Å². The third kappa shape index (κ3) is 21.1. The lowest BCUT2D eigenvalue weighted by atomic mass is 9.96. The molecule has 41 nitrogen and oxygen atoms in total. The monoisotopic (exact) mass is 1420 g/mol. The Labute approximate surface area is 565 Å². The maximum atomic E-state index is 15.2. The van der Waals surface area contributed by atoms with Crippen LogP contribution >= 0.6 is 22.7 Å². The van der Waals surface area contributed by atoms with Crippen molar-refractivity contribution in [2.75, 3.05) is 45.1 Å². The van der Waals surface area contributed by atoms with Crippen LogP contribution in [0.4, 0.5) is 10.6 Å². The quantitative estimate of drug-likeness (QED) is 0.0114. The second kappa shape index (κ2) is 36.5. The van der Waals surface area contributed by atoms with E-state index in [1.165, 1.54) is 50.4 Å². The molecule has 0 bridgehead atoms. The third-order valence-corrected chi connectivity index (χ3v) is 17.2. The van der Waals surface area contributed by atoms with Gasteiger partial charge >= 0.3 is 6.09 Å². The number of nitrogens with zero attached hydrogens (tertiary/aromatic N) is 6. The lowest BCUT2D eigenvalue weighted by Gasteiger charge is -2.47. The summed E-state index contributed by atoms with van der Waals surface area (Å²) in [6, 6.07) is -7.89. The number of nitrogen functional groups attached to an aromatic ring is 1. The summed E-state index contributed by atoms with van der Waals surface area (Å²) in [4.78, 5) is 135. The number of primary amides is 3. The number of aliphatic hydroxyl groups excluding tert-OH is 8. The number of anilines is 1. The highest BCUT2D eigenvalue weighted by Crippen LogP contribution is 2.35. The van der Waals surface area contributed by atoms with E-state index >= 15 is 4.79 Å². The minimum absolute atomic E-state index is 0.0175. The van der Waals surface area contributed by atoms with Crippen LogP contribution in [0.5, 0.6) is 0 Å². The SMILES string of the molecule is Cc1c(N)nc([C@H](CC(N)=O)NC[C@H](N)C(N)=O)nc1C(=O)N[C@H](C(=O)N[C@H](C)[C@@H](O)[C@H](C)C(=O)N[C@H](C(=O)NCCc1nc(-c2nc(C(=O)NCCCCN=C(N)N)cs2)cs1)[C@@H](C)O)C(O[C@@H]1O[C@@H](CO)[C@@H](O)[C@H](O)[C@@H]1O[C@H]1O[C@H](CO)[C@@H](O)[C@H](OC(N)=O)[C@H]1O)c1cnc[nH]1. The van der Waals surface area contributed by atoms with Gasteiger partial charge in [-0.05, 0) is 33.6 Å². The van der Waals surface area contributed by atoms with Gasteiger partial charge in [0.15, 0.2) is 24.6 Å². The van der Waals surface area contributed by atoms with E-state index in [1.807, 2.05) is 0 Å². The number of aromatic nitrogens is 6. The van der Waals surface area contributed by atoms with E-state index in [0.717, 1.165) is 12.5 Å². The standard InChI is InChI=1S/C55H84N20O21S2/c1-19-32(72-45(75-43(19)58)24(11-30(57)79)67-12-23(56)44(59)85)49(89)74-34(40(25-13-63-18-68-25)94-53-42(38(83)36(81)28(14-76)93-53)95-52-39(84)41(96-55(62)91)37(82)29(15-77)92-52)50(90)69-21(3)35(80)20(2)46(86)73-33(22(4)78)48(88)65-10-7-31-70-27(17-97-31)51-71-26(16-98-51)47(87)64-8-5-6-9-66-54(60)61/h13,16-18,20-24,28-29,33-42,52-53,67,76-78,80-84H,5-12,14-15,56H2,1-4H3,(H2,57,79)(H2,59,85)(H2,62,91)(H,63,68)(H,64,87)(H,65,88)(H,69,90)(H,73,86)(H,74,89)(H2,58,72,75)(H4,60,61,66)/t20-,21+,22+,23-,24-,28-,29+,33-,34-,35-,36+,37+,38-,39+,40?,41-,42-,52+,53-/m0/s1. The Kier molecular flexibility index (Phi) is 29.2. The highest BCUT2D eigenvalue weighted by molar-refractivity contribution is 7.14. The summed E-state index contributed by atoms with van der Waals surface area (Å²) in [5.41, 5.74) is 38.6. The van der Waals surface area contributed by atoms with Gasteiger partial charge in [-0.1, -0.05) is 6.92 Å². The number of aliphatic imine (C=N–C) groups is 1. The molecule has 29 N–H and O–H groups in total. The van der Waals surface area contributed by atoms with Crippen molar-refractivity contribution >= 4 is 81.9 Å². The van der Waals surface area contributed by atoms with Crippen LogP contribution in [0.2, 0.25) is 0 Å². The molecule has 2 fully saturated rings. The van der Waals surface area contributed by atoms with Crippen molar-refractivity contribution in [2.24, 2.45) is 45.3 Å². The number of guanidine groups is 1. The van der Waals surface area contributed by atoms with E-state index in [2.05, 4.69) is 66.8 Å². The fraction of sp³-hybridized carbons (Fsp3) is 0.600. The highest BCUT2D eigenvalue weighted by atomic mass is 32.1. The lowest BCUT2D eigenvalue weighted by molar-refractivity contribution is -0.372. The van der Waals surface area contributed by atoms with E-state index in [-0.39, 0.29) is 60.0 Å². The first-order valence-corrected chi connectivity index (χ1v) is 32.1. The van der Waals surface area contributed by atoms with E-state index in [9.17, 15) is 74.4 Å². The lowest BCUT2D eigenvalue weighted by Crippen LogP contribution is -2.65. The highest BCUT2D eigenvalue weighted by Gasteiger charge is 2.54. The average Bonchev–Trinajstić information content (AvgIpc) is 0.925. The molecule has 2 saturated heterocycles. The largest absolute Gasteiger partial charge is 0.441 e. The molecule has 19 atom stereocenters. The number of aliphatic hydroxyl groups is 8. The number of H-pyrrole nitrogens is 1. The zero-order valence-corrected chi connectivity index (χ0v) is 54.9. The predicted molar refractivity (Wildman–Crippen MR) is 340 cm³/mol. The second-order valence-electron chi connectivity index (χ2n) is 22.8. The number of hydrogen-bond donors (Lipinski definition) is 22. The number of nitrogens with one attached hydrogen (secondary N) is 7. The molecule has 6 rings (SSSR count). The molecule has 2 aliphatic heterocycles. The molecule has 4 aromatic heterocycles. The van der Waals surface area contributed by atoms with Crippen molar-refractivity contribution in [3.05, 3.63) is 56.8 Å². The fourth-order valence-corrected chi connectivity index (χ4v) is 11.5. The van der Waals surface area contributed by atoms with Gasteiger partial charge in [-0.3, -0.25) is 38.6 Å². The fourth-order valence-electron chi connectivity index (χ4n) is 9.88. The first kappa shape index (κ1) is 78.6. The van der Waals surface area contributed by atoms with Crippen LogP contribution in [0.1, 0.15) is 95.2 Å². The number of carbonyl (C=O) groups is 8. The molecule has 6 heterocycles. The van der Waals surface area contributed by atoms with Crippen molar-refractivity contribution in [2.45, 2.75) is 163 Å². The van der Waals surface area contributed by atoms with Crippen LogP contribution < -0.4 is 72.0 Å². The van der Waals surface area contributed by atoms with Gasteiger partial charge < -0.3 is 142 Å². The topological polar surface area (TPSA) is 691 Å². The van der Waals surface area contributed by atoms with E-state index in [4.69, 9.17) is 63.8 Å². The number of nitrogens with two attached hydrogens (primary N) is 7. The summed E-state index contributed by atoms with van der Waals surface area (Å²) in [6.45, 7) is 3.39. The first-order valence-electron chi connectivity index (χ1n) is 30.4. The summed E-state index contributed by atoms with van der Waals surface area (Å²) >= 11 is 2.46. The van der Waals surface area contributed by atoms with Gasteiger partial charge in [-0.15, -0.1) is 22.7 Å². The maximum Gasteiger partial charge on any atom is 0.404 e. The van der Waals surface area contributed by atoms with Crippen LogP contribution in [0.3, 0.4) is 0 Å². The predicted octanol–water partition coefficient (Wildman–Crippen LogP) is -8.92. The summed E-state index contributed by atoms with van der Waals surface area (Å²) in [7, 11) is 0. The first-order chi connectivity index (χ1) is 46.3. The number of thiazole rings is 2. The minimum Gasteiger partial charge on any atom is -0.441 e. The molecule has 2 aliphatic rings. The zero-order chi connectivity index (χ0) is 72.4. The number of amides is 8. The Morgan fingerprint density at radius 2 is 1.46 bits per heavy atom. The molecular weight excluding hydrogens is 1340 g/mol. The van der Waals surface area contributed by atoms with Crippen molar-refractivity contribution < 1.29 is 103 Å². The number of carbonyl (C=O) groups excluding carboxylic acids is 8. The summed E-state index contributed by atoms with van der Waals surface area (Å²) < 4.78 is 28.7. The zero-order valence-electron chi connectivity index (χ0n) is 53.3. The number of hydrogen-bond acceptors (Lipinski definition) is 32. The van der Waals surface area contributed by atoms with E-state index in [0.29, 0.717) is 41.6 Å². The third-order valence-electron chi connectivity index (χ3n) is 15.4. The number of imidazole rings is 1. The number of aromatic amines is 1.